The van der Waals surface area contributed by atoms with Crippen LogP contribution in [0.15, 0.2) is 33.7 Å². The van der Waals surface area contributed by atoms with Crippen LogP contribution in [-0.4, -0.2) is 39.1 Å². The summed E-state index contributed by atoms with van der Waals surface area (Å²) in [6, 6.07) is 7.29. The third kappa shape index (κ3) is 5.74. The lowest BCUT2D eigenvalue weighted by molar-refractivity contribution is 0.0953. The van der Waals surface area contributed by atoms with Gasteiger partial charge in [0.2, 0.25) is 0 Å². The minimum Gasteiger partial charge on any atom is -0.359 e. The molecule has 0 aliphatic carbocycles. The summed E-state index contributed by atoms with van der Waals surface area (Å²) >= 11 is 3.34. The number of carbonyl (C=O) groups excluding carboxylic acids is 1. The highest BCUT2D eigenvalue weighted by atomic mass is 79.9. The van der Waals surface area contributed by atoms with Crippen molar-refractivity contribution in [2.45, 2.75) is 6.42 Å². The number of amides is 1. The number of hydrogen-bond acceptors (Lipinski definition) is 2. The number of nitrogens with zero attached hydrogens (tertiary/aromatic N) is 1. The Balaban J connectivity index is 2.22. The van der Waals surface area contributed by atoms with Gasteiger partial charge in [0.25, 0.3) is 5.91 Å². The maximum absolute atomic E-state index is 11.8. The second-order valence-corrected chi connectivity index (χ2v) is 4.78. The Labute approximate surface area is 122 Å². The first kappa shape index (κ1) is 15.5. The van der Waals surface area contributed by atoms with Crippen LogP contribution in [0.3, 0.4) is 0 Å². The minimum absolute atomic E-state index is 0.0505. The summed E-state index contributed by atoms with van der Waals surface area (Å²) in [5, 5.41) is 8.92. The third-order valence-corrected chi connectivity index (χ3v) is 3.03. The van der Waals surface area contributed by atoms with Gasteiger partial charge in [-0.3, -0.25) is 9.79 Å². The second kappa shape index (κ2) is 8.53. The van der Waals surface area contributed by atoms with Gasteiger partial charge in [0.05, 0.1) is 0 Å². The fraction of sp³-hybridized carbons (Fsp3) is 0.385. The van der Waals surface area contributed by atoms with Crippen LogP contribution in [0.2, 0.25) is 0 Å². The molecule has 0 aromatic heterocycles. The molecule has 0 heterocycles. The lowest BCUT2D eigenvalue weighted by atomic mass is 10.2. The highest BCUT2D eigenvalue weighted by Gasteiger charge is 2.03. The molecule has 0 aliphatic rings. The van der Waals surface area contributed by atoms with E-state index in [1.807, 2.05) is 19.2 Å². The summed E-state index contributed by atoms with van der Waals surface area (Å²) < 4.78 is 0.965. The average molecular weight is 327 g/mol. The molecule has 0 saturated carbocycles. The molecule has 1 aromatic rings. The number of guanidine groups is 1. The molecule has 0 atom stereocenters. The molecule has 6 heteroatoms. The normalized spacial score (nSPS) is 11.0. The summed E-state index contributed by atoms with van der Waals surface area (Å²) in [6.45, 7) is 1.39. The van der Waals surface area contributed by atoms with Crippen LogP contribution in [0.5, 0.6) is 0 Å². The van der Waals surface area contributed by atoms with Crippen molar-refractivity contribution in [1.29, 1.82) is 0 Å². The zero-order chi connectivity index (χ0) is 14.1. The first-order valence-electron chi connectivity index (χ1n) is 6.09. The van der Waals surface area contributed by atoms with Crippen molar-refractivity contribution in [3.63, 3.8) is 0 Å². The molecular formula is C13H19BrN4O. The molecule has 0 saturated heterocycles. The number of benzene rings is 1. The van der Waals surface area contributed by atoms with Crippen molar-refractivity contribution < 1.29 is 4.79 Å². The lowest BCUT2D eigenvalue weighted by Crippen LogP contribution is -2.36. The fourth-order valence-corrected chi connectivity index (χ4v) is 1.74. The van der Waals surface area contributed by atoms with Crippen molar-refractivity contribution in [2.24, 2.45) is 4.99 Å². The van der Waals surface area contributed by atoms with Gasteiger partial charge < -0.3 is 16.0 Å². The van der Waals surface area contributed by atoms with E-state index in [2.05, 4.69) is 36.9 Å². The van der Waals surface area contributed by atoms with Gasteiger partial charge in [-0.1, -0.05) is 15.9 Å². The maximum Gasteiger partial charge on any atom is 0.251 e. The lowest BCUT2D eigenvalue weighted by Gasteiger charge is -2.09. The fourth-order valence-electron chi connectivity index (χ4n) is 1.48. The molecule has 1 rings (SSSR count). The summed E-state index contributed by atoms with van der Waals surface area (Å²) in [4.78, 5) is 15.8. The second-order valence-electron chi connectivity index (χ2n) is 3.87. The number of halogens is 1. The SMILES string of the molecule is CN=C(NC)NCCCNC(=O)c1ccc(Br)cc1. The topological polar surface area (TPSA) is 65.5 Å². The highest BCUT2D eigenvalue weighted by molar-refractivity contribution is 9.10. The molecule has 0 aliphatic heterocycles. The third-order valence-electron chi connectivity index (χ3n) is 2.50. The van der Waals surface area contributed by atoms with Crippen molar-refractivity contribution in [2.75, 3.05) is 27.2 Å². The number of hydrogen-bond donors (Lipinski definition) is 3. The van der Waals surface area contributed by atoms with Crippen LogP contribution >= 0.6 is 15.9 Å². The van der Waals surface area contributed by atoms with Crippen molar-refractivity contribution >= 4 is 27.8 Å². The van der Waals surface area contributed by atoms with Crippen LogP contribution in [0.25, 0.3) is 0 Å². The van der Waals surface area contributed by atoms with Gasteiger partial charge in [0, 0.05) is 37.2 Å². The van der Waals surface area contributed by atoms with Gasteiger partial charge in [0.15, 0.2) is 5.96 Å². The maximum atomic E-state index is 11.8. The molecule has 0 bridgehead atoms. The first-order chi connectivity index (χ1) is 9.17. The van der Waals surface area contributed by atoms with Crippen molar-refractivity contribution in [3.05, 3.63) is 34.3 Å². The zero-order valence-corrected chi connectivity index (χ0v) is 12.8. The zero-order valence-electron chi connectivity index (χ0n) is 11.2. The molecule has 0 spiro atoms. The largest absolute Gasteiger partial charge is 0.359 e. The highest BCUT2D eigenvalue weighted by Crippen LogP contribution is 2.10. The van der Waals surface area contributed by atoms with Crippen LogP contribution in [0.4, 0.5) is 0 Å². The molecule has 3 N–H and O–H groups in total. The van der Waals surface area contributed by atoms with Gasteiger partial charge in [-0.05, 0) is 30.7 Å². The van der Waals surface area contributed by atoms with E-state index in [1.54, 1.807) is 19.2 Å². The van der Waals surface area contributed by atoms with Gasteiger partial charge in [-0.15, -0.1) is 0 Å². The summed E-state index contributed by atoms with van der Waals surface area (Å²) in [6.07, 6.45) is 0.836. The first-order valence-corrected chi connectivity index (χ1v) is 6.89. The Morgan fingerprint density at radius 1 is 1.21 bits per heavy atom. The Hall–Kier alpha value is -1.56. The van der Waals surface area contributed by atoms with E-state index < -0.39 is 0 Å². The number of aliphatic imine (C=N–C) groups is 1. The predicted molar refractivity (Wildman–Crippen MR) is 81.5 cm³/mol. The predicted octanol–water partition coefficient (Wildman–Crippen LogP) is 1.36. The molecule has 0 radical (unpaired) electrons. The molecular weight excluding hydrogens is 308 g/mol. The molecule has 5 nitrogen and oxygen atoms in total. The van der Waals surface area contributed by atoms with Gasteiger partial charge in [-0.25, -0.2) is 0 Å². The van der Waals surface area contributed by atoms with E-state index in [4.69, 9.17) is 0 Å². The Bertz CT molecular complexity index is 431. The Morgan fingerprint density at radius 2 is 1.84 bits per heavy atom. The molecule has 19 heavy (non-hydrogen) atoms. The van der Waals surface area contributed by atoms with Crippen LogP contribution < -0.4 is 16.0 Å². The van der Waals surface area contributed by atoms with E-state index in [0.717, 1.165) is 23.4 Å². The van der Waals surface area contributed by atoms with Gasteiger partial charge in [-0.2, -0.15) is 0 Å². The molecule has 0 unspecified atom stereocenters. The van der Waals surface area contributed by atoms with E-state index in [9.17, 15) is 4.79 Å². The monoisotopic (exact) mass is 326 g/mol. The molecule has 104 valence electrons. The van der Waals surface area contributed by atoms with Crippen molar-refractivity contribution in [3.8, 4) is 0 Å². The molecule has 1 amide bonds. The minimum atomic E-state index is -0.0505. The molecule has 0 fully saturated rings. The smallest absolute Gasteiger partial charge is 0.251 e. The summed E-state index contributed by atoms with van der Waals surface area (Å²) in [5.41, 5.74) is 0.669. The van der Waals surface area contributed by atoms with Crippen LogP contribution in [0.1, 0.15) is 16.8 Å². The number of carbonyl (C=O) groups is 1. The Morgan fingerprint density at radius 3 is 2.42 bits per heavy atom. The Kier molecular flexibility index (Phi) is 6.95. The average Bonchev–Trinajstić information content (AvgIpc) is 2.43. The van der Waals surface area contributed by atoms with Gasteiger partial charge in [0.1, 0.15) is 0 Å². The summed E-state index contributed by atoms with van der Waals surface area (Å²) in [5.74, 6) is 0.699. The van der Waals surface area contributed by atoms with E-state index >= 15 is 0 Å². The number of rotatable bonds is 5. The van der Waals surface area contributed by atoms with E-state index in [-0.39, 0.29) is 5.91 Å². The van der Waals surface area contributed by atoms with Crippen LogP contribution in [0, 0.1) is 0 Å². The van der Waals surface area contributed by atoms with E-state index in [1.165, 1.54) is 0 Å². The summed E-state index contributed by atoms with van der Waals surface area (Å²) in [7, 11) is 3.53. The number of nitrogens with one attached hydrogen (secondary N) is 3. The standard InChI is InChI=1S/C13H19BrN4O/c1-15-13(16-2)18-9-3-8-17-12(19)10-4-6-11(14)7-5-10/h4-7H,3,8-9H2,1-2H3,(H,17,19)(H2,15,16,18). The quantitative estimate of drug-likeness (QED) is 0.435. The molecule has 1 aromatic carbocycles. The van der Waals surface area contributed by atoms with Gasteiger partial charge >= 0.3 is 0 Å². The van der Waals surface area contributed by atoms with Crippen molar-refractivity contribution in [1.82, 2.24) is 16.0 Å². The van der Waals surface area contributed by atoms with Crippen LogP contribution in [-0.2, 0) is 0 Å². The van der Waals surface area contributed by atoms with E-state index in [0.29, 0.717) is 12.1 Å².